The van der Waals surface area contributed by atoms with Gasteiger partial charge in [0.2, 0.25) is 10.0 Å². The van der Waals surface area contributed by atoms with Gasteiger partial charge in [-0.1, -0.05) is 52.7 Å². The van der Waals surface area contributed by atoms with Crippen molar-refractivity contribution in [2.24, 2.45) is 0 Å². The molecule has 0 aromatic heterocycles. The summed E-state index contributed by atoms with van der Waals surface area (Å²) in [7, 11) is -3.43. The maximum absolute atomic E-state index is 12.7. The van der Waals surface area contributed by atoms with Crippen LogP contribution in [0.15, 0.2) is 57.9 Å². The minimum atomic E-state index is -3.43. The second-order valence-electron chi connectivity index (χ2n) is 7.18. The van der Waals surface area contributed by atoms with E-state index in [4.69, 9.17) is 0 Å². The molecule has 1 aliphatic heterocycles. The largest absolute Gasteiger partial charge is 0.334 e. The Morgan fingerprint density at radius 3 is 2.38 bits per heavy atom. The number of piperidine rings is 1. The van der Waals surface area contributed by atoms with Crippen LogP contribution in [0, 0.1) is 0 Å². The standard InChI is InChI=1S/C21H26BrN3O3S/c1-16(19-7-3-4-8-20(19)22)24-21(26)23-15-17-9-11-18(12-10-17)29(27,28)25-13-5-2-6-14-25/h3-4,7-12,16H,2,5-6,13-15H2,1H3,(H2,23,24,26)/t16-/m1/s1. The van der Waals surface area contributed by atoms with E-state index in [1.165, 1.54) is 0 Å². The Morgan fingerprint density at radius 1 is 1.07 bits per heavy atom. The minimum Gasteiger partial charge on any atom is -0.334 e. The lowest BCUT2D eigenvalue weighted by atomic mass is 10.1. The van der Waals surface area contributed by atoms with E-state index < -0.39 is 10.0 Å². The van der Waals surface area contributed by atoms with Gasteiger partial charge in [-0.2, -0.15) is 4.31 Å². The second kappa shape index (κ2) is 9.73. The highest BCUT2D eigenvalue weighted by atomic mass is 79.9. The lowest BCUT2D eigenvalue weighted by Crippen LogP contribution is -2.36. The van der Waals surface area contributed by atoms with Crippen LogP contribution in [-0.2, 0) is 16.6 Å². The zero-order chi connectivity index (χ0) is 20.9. The Hall–Kier alpha value is -1.90. The van der Waals surface area contributed by atoms with Crippen LogP contribution < -0.4 is 10.6 Å². The maximum atomic E-state index is 12.7. The summed E-state index contributed by atoms with van der Waals surface area (Å²) < 4.78 is 27.9. The molecule has 29 heavy (non-hydrogen) atoms. The van der Waals surface area contributed by atoms with E-state index in [-0.39, 0.29) is 12.1 Å². The van der Waals surface area contributed by atoms with Gasteiger partial charge in [-0.15, -0.1) is 0 Å². The Bertz CT molecular complexity index is 942. The Balaban J connectivity index is 1.54. The molecule has 0 radical (unpaired) electrons. The van der Waals surface area contributed by atoms with Crippen LogP contribution in [-0.4, -0.2) is 31.8 Å². The summed E-state index contributed by atoms with van der Waals surface area (Å²) in [5.41, 5.74) is 1.83. The van der Waals surface area contributed by atoms with Gasteiger partial charge in [0, 0.05) is 24.1 Å². The first kappa shape index (κ1) is 21.8. The fourth-order valence-electron chi connectivity index (χ4n) is 3.37. The van der Waals surface area contributed by atoms with E-state index in [9.17, 15) is 13.2 Å². The third-order valence-electron chi connectivity index (χ3n) is 5.05. The van der Waals surface area contributed by atoms with Gasteiger partial charge in [0.15, 0.2) is 0 Å². The average Bonchev–Trinajstić information content (AvgIpc) is 2.73. The first-order chi connectivity index (χ1) is 13.9. The quantitative estimate of drug-likeness (QED) is 0.651. The fourth-order valence-corrected chi connectivity index (χ4v) is 5.51. The molecule has 0 aliphatic carbocycles. The first-order valence-corrected chi connectivity index (χ1v) is 12.0. The molecule has 156 valence electrons. The maximum Gasteiger partial charge on any atom is 0.315 e. The number of sulfonamides is 1. The van der Waals surface area contributed by atoms with Crippen LogP contribution >= 0.6 is 15.9 Å². The number of nitrogens with zero attached hydrogens (tertiary/aromatic N) is 1. The van der Waals surface area contributed by atoms with Gasteiger partial charge in [-0.05, 0) is 49.1 Å². The number of halogens is 1. The molecule has 1 fully saturated rings. The lowest BCUT2D eigenvalue weighted by molar-refractivity contribution is 0.237. The van der Waals surface area contributed by atoms with Crippen LogP contribution in [0.25, 0.3) is 0 Å². The zero-order valence-electron chi connectivity index (χ0n) is 16.4. The molecule has 0 unspecified atom stereocenters. The van der Waals surface area contributed by atoms with Crippen LogP contribution in [0.5, 0.6) is 0 Å². The van der Waals surface area contributed by atoms with Crippen molar-refractivity contribution in [2.75, 3.05) is 13.1 Å². The van der Waals surface area contributed by atoms with E-state index in [0.29, 0.717) is 24.5 Å². The van der Waals surface area contributed by atoms with Crippen LogP contribution in [0.1, 0.15) is 43.4 Å². The molecular formula is C21H26BrN3O3S. The number of carbonyl (C=O) groups is 1. The second-order valence-corrected chi connectivity index (χ2v) is 9.97. The number of benzene rings is 2. The monoisotopic (exact) mass is 479 g/mol. The molecule has 1 atom stereocenters. The predicted molar refractivity (Wildman–Crippen MR) is 117 cm³/mol. The van der Waals surface area contributed by atoms with Gasteiger partial charge in [0.05, 0.1) is 10.9 Å². The van der Waals surface area contributed by atoms with Crippen molar-refractivity contribution in [3.05, 3.63) is 64.1 Å². The molecule has 8 heteroatoms. The van der Waals surface area contributed by atoms with Crippen molar-refractivity contribution in [3.63, 3.8) is 0 Å². The van der Waals surface area contributed by atoms with E-state index >= 15 is 0 Å². The summed E-state index contributed by atoms with van der Waals surface area (Å²) in [5.74, 6) is 0. The van der Waals surface area contributed by atoms with Gasteiger partial charge >= 0.3 is 6.03 Å². The molecule has 2 amide bonds. The van der Waals surface area contributed by atoms with E-state index in [0.717, 1.165) is 34.9 Å². The highest BCUT2D eigenvalue weighted by Gasteiger charge is 2.25. The summed E-state index contributed by atoms with van der Waals surface area (Å²) in [4.78, 5) is 12.5. The first-order valence-electron chi connectivity index (χ1n) is 9.76. The van der Waals surface area contributed by atoms with Crippen molar-refractivity contribution in [2.45, 2.75) is 43.7 Å². The van der Waals surface area contributed by atoms with Crippen molar-refractivity contribution < 1.29 is 13.2 Å². The highest BCUT2D eigenvalue weighted by Crippen LogP contribution is 2.23. The van der Waals surface area contributed by atoms with E-state index in [2.05, 4.69) is 26.6 Å². The molecule has 1 aliphatic rings. The number of amides is 2. The number of carbonyl (C=O) groups excluding carboxylic acids is 1. The fraction of sp³-hybridized carbons (Fsp3) is 0.381. The van der Waals surface area contributed by atoms with Crippen LogP contribution in [0.3, 0.4) is 0 Å². The number of hydrogen-bond acceptors (Lipinski definition) is 3. The third-order valence-corrected chi connectivity index (χ3v) is 7.68. The topological polar surface area (TPSA) is 78.5 Å². The Kier molecular flexibility index (Phi) is 7.32. The van der Waals surface area contributed by atoms with Crippen molar-refractivity contribution in [1.29, 1.82) is 0 Å². The molecule has 2 N–H and O–H groups in total. The molecule has 2 aromatic carbocycles. The number of nitrogens with one attached hydrogen (secondary N) is 2. The van der Waals surface area contributed by atoms with Crippen molar-refractivity contribution in [1.82, 2.24) is 14.9 Å². The van der Waals surface area contributed by atoms with Crippen LogP contribution in [0.2, 0.25) is 0 Å². The van der Waals surface area contributed by atoms with Crippen molar-refractivity contribution in [3.8, 4) is 0 Å². The van der Waals surface area contributed by atoms with Gasteiger partial charge in [0.25, 0.3) is 0 Å². The summed E-state index contributed by atoms with van der Waals surface area (Å²) >= 11 is 3.49. The third kappa shape index (κ3) is 5.58. The molecule has 6 nitrogen and oxygen atoms in total. The normalized spacial score (nSPS) is 16.2. The SMILES string of the molecule is C[C@@H](NC(=O)NCc1ccc(S(=O)(=O)N2CCCCC2)cc1)c1ccccc1Br. The van der Waals surface area contributed by atoms with Crippen LogP contribution in [0.4, 0.5) is 4.79 Å². The minimum absolute atomic E-state index is 0.150. The molecule has 1 saturated heterocycles. The zero-order valence-corrected chi connectivity index (χ0v) is 18.8. The van der Waals surface area contributed by atoms with Gasteiger partial charge in [-0.25, -0.2) is 13.2 Å². The van der Waals surface area contributed by atoms with Crippen molar-refractivity contribution >= 4 is 32.0 Å². The summed E-state index contributed by atoms with van der Waals surface area (Å²) in [5, 5.41) is 5.72. The molecule has 3 rings (SSSR count). The summed E-state index contributed by atoms with van der Waals surface area (Å²) in [6.45, 7) is 3.40. The molecule has 0 bridgehead atoms. The Morgan fingerprint density at radius 2 is 1.72 bits per heavy atom. The number of hydrogen-bond donors (Lipinski definition) is 2. The van der Waals surface area contributed by atoms with Gasteiger partial charge in [-0.3, -0.25) is 0 Å². The molecule has 0 saturated carbocycles. The van der Waals surface area contributed by atoms with Gasteiger partial charge in [0.1, 0.15) is 0 Å². The smallest absolute Gasteiger partial charge is 0.315 e. The average molecular weight is 480 g/mol. The predicted octanol–water partition coefficient (Wildman–Crippen LogP) is 4.18. The van der Waals surface area contributed by atoms with Gasteiger partial charge < -0.3 is 10.6 Å². The lowest BCUT2D eigenvalue weighted by Gasteiger charge is -2.25. The number of rotatable bonds is 6. The molecule has 1 heterocycles. The van der Waals surface area contributed by atoms with E-state index in [1.54, 1.807) is 28.6 Å². The molecule has 2 aromatic rings. The summed E-state index contributed by atoms with van der Waals surface area (Å²) in [6.07, 6.45) is 2.90. The molecule has 0 spiro atoms. The molecular weight excluding hydrogens is 454 g/mol. The van der Waals surface area contributed by atoms with E-state index in [1.807, 2.05) is 31.2 Å². The summed E-state index contributed by atoms with van der Waals surface area (Å²) in [6, 6.07) is 14.0. The number of urea groups is 1. The Labute approximate surface area is 180 Å². The highest BCUT2D eigenvalue weighted by molar-refractivity contribution is 9.10.